The van der Waals surface area contributed by atoms with Crippen LogP contribution in [0.3, 0.4) is 0 Å². The number of nitrogens with one attached hydrogen (secondary N) is 1. The lowest BCUT2D eigenvalue weighted by molar-refractivity contribution is -0.128. The molecule has 0 aliphatic heterocycles. The first-order valence-electron chi connectivity index (χ1n) is 7.40. The molecule has 0 spiro atoms. The molecule has 0 aliphatic carbocycles. The summed E-state index contributed by atoms with van der Waals surface area (Å²) in [5.41, 5.74) is 3.57. The van der Waals surface area contributed by atoms with Gasteiger partial charge in [-0.3, -0.25) is 9.78 Å². The van der Waals surface area contributed by atoms with Gasteiger partial charge in [-0.25, -0.2) is 9.78 Å². The molecule has 0 bridgehead atoms. The van der Waals surface area contributed by atoms with E-state index in [0.29, 0.717) is 11.6 Å². The van der Waals surface area contributed by atoms with Crippen LogP contribution in [0.2, 0.25) is 0 Å². The minimum absolute atomic E-state index is 0.443. The van der Waals surface area contributed by atoms with E-state index >= 15 is 0 Å². The lowest BCUT2D eigenvalue weighted by Gasteiger charge is -2.03. The van der Waals surface area contributed by atoms with Crippen molar-refractivity contribution < 1.29 is 9.53 Å². The van der Waals surface area contributed by atoms with E-state index in [9.17, 15) is 4.79 Å². The van der Waals surface area contributed by atoms with E-state index in [-0.39, 0.29) is 0 Å². The highest BCUT2D eigenvalue weighted by molar-refractivity contribution is 5.89. The Morgan fingerprint density at radius 1 is 1.33 bits per heavy atom. The van der Waals surface area contributed by atoms with Crippen LogP contribution in [-0.2, 0) is 11.8 Å². The van der Waals surface area contributed by atoms with Gasteiger partial charge >= 0.3 is 5.97 Å². The molecule has 2 heterocycles. The number of carbonyl (C=O) groups is 1. The Kier molecular flexibility index (Phi) is 4.24. The number of hydrogen-bond acceptors (Lipinski definition) is 5. The lowest BCUT2D eigenvalue weighted by atomic mass is 10.2. The van der Waals surface area contributed by atoms with Crippen molar-refractivity contribution in [2.75, 3.05) is 0 Å². The van der Waals surface area contributed by atoms with Gasteiger partial charge in [0.15, 0.2) is 5.82 Å². The third-order valence-electron chi connectivity index (χ3n) is 3.69. The molecule has 0 saturated heterocycles. The molecule has 7 nitrogen and oxygen atoms in total. The van der Waals surface area contributed by atoms with Crippen molar-refractivity contribution >= 4 is 12.0 Å². The van der Waals surface area contributed by atoms with Gasteiger partial charge in [0, 0.05) is 29.9 Å². The van der Waals surface area contributed by atoms with Crippen LogP contribution in [0.4, 0.5) is 0 Å². The first kappa shape index (κ1) is 15.7. The SMILES string of the molecule is Cc1nn(C)c(C)c1/C=C\C(=O)Oc1cccc(-c2ncn[nH]2)c1. The molecule has 24 heavy (non-hydrogen) atoms. The average molecular weight is 323 g/mol. The normalized spacial score (nSPS) is 11.1. The molecule has 0 atom stereocenters. The highest BCUT2D eigenvalue weighted by Crippen LogP contribution is 2.21. The van der Waals surface area contributed by atoms with E-state index in [1.54, 1.807) is 29.0 Å². The van der Waals surface area contributed by atoms with Gasteiger partial charge in [-0.2, -0.15) is 10.2 Å². The van der Waals surface area contributed by atoms with E-state index in [2.05, 4.69) is 20.3 Å². The van der Waals surface area contributed by atoms with Gasteiger partial charge in [-0.1, -0.05) is 12.1 Å². The number of H-pyrrole nitrogens is 1. The molecule has 3 rings (SSSR count). The number of esters is 1. The highest BCUT2D eigenvalue weighted by atomic mass is 16.5. The first-order chi connectivity index (χ1) is 11.5. The smallest absolute Gasteiger partial charge is 0.336 e. The van der Waals surface area contributed by atoms with Crippen molar-refractivity contribution in [3.05, 3.63) is 53.6 Å². The molecule has 0 aliphatic rings. The Morgan fingerprint density at radius 2 is 2.17 bits per heavy atom. The lowest BCUT2D eigenvalue weighted by Crippen LogP contribution is -2.03. The van der Waals surface area contributed by atoms with E-state index < -0.39 is 5.97 Å². The third-order valence-corrected chi connectivity index (χ3v) is 3.69. The topological polar surface area (TPSA) is 85.7 Å². The number of carbonyl (C=O) groups excluding carboxylic acids is 1. The number of ether oxygens (including phenoxy) is 1. The van der Waals surface area contributed by atoms with Crippen LogP contribution < -0.4 is 4.74 Å². The van der Waals surface area contributed by atoms with Gasteiger partial charge in [-0.05, 0) is 32.1 Å². The Hall–Kier alpha value is -3.22. The molecule has 0 radical (unpaired) electrons. The molecule has 1 aromatic carbocycles. The third kappa shape index (κ3) is 3.24. The van der Waals surface area contributed by atoms with Crippen LogP contribution in [0, 0.1) is 13.8 Å². The number of nitrogens with zero attached hydrogens (tertiary/aromatic N) is 4. The van der Waals surface area contributed by atoms with Gasteiger partial charge in [0.1, 0.15) is 12.1 Å². The van der Waals surface area contributed by atoms with Crippen LogP contribution in [0.25, 0.3) is 17.5 Å². The van der Waals surface area contributed by atoms with Crippen molar-refractivity contribution in [3.63, 3.8) is 0 Å². The monoisotopic (exact) mass is 323 g/mol. The van der Waals surface area contributed by atoms with Crippen molar-refractivity contribution in [3.8, 4) is 17.1 Å². The van der Waals surface area contributed by atoms with E-state index in [0.717, 1.165) is 22.5 Å². The van der Waals surface area contributed by atoms with Gasteiger partial charge in [-0.15, -0.1) is 0 Å². The molecule has 0 fully saturated rings. The molecule has 1 N–H and O–H groups in total. The van der Waals surface area contributed by atoms with Gasteiger partial charge < -0.3 is 4.74 Å². The fraction of sp³-hybridized carbons (Fsp3) is 0.176. The molecular weight excluding hydrogens is 306 g/mol. The standard InChI is InChI=1S/C17H17N5O2/c1-11-15(12(2)22(3)21-11)7-8-16(23)24-14-6-4-5-13(9-14)17-18-10-19-20-17/h4-10H,1-3H3,(H,18,19,20)/b8-7-. The van der Waals surface area contributed by atoms with Crippen LogP contribution in [0.1, 0.15) is 17.0 Å². The molecule has 122 valence electrons. The summed E-state index contributed by atoms with van der Waals surface area (Å²) in [4.78, 5) is 16.1. The maximum absolute atomic E-state index is 12.0. The summed E-state index contributed by atoms with van der Waals surface area (Å²) in [6.45, 7) is 3.85. The summed E-state index contributed by atoms with van der Waals surface area (Å²) >= 11 is 0. The highest BCUT2D eigenvalue weighted by Gasteiger charge is 2.08. The minimum Gasteiger partial charge on any atom is -0.423 e. The summed E-state index contributed by atoms with van der Waals surface area (Å²) in [6.07, 6.45) is 4.55. The fourth-order valence-corrected chi connectivity index (χ4v) is 2.38. The Morgan fingerprint density at radius 3 is 2.83 bits per heavy atom. The Bertz CT molecular complexity index is 894. The van der Waals surface area contributed by atoms with E-state index in [1.807, 2.05) is 27.0 Å². The maximum Gasteiger partial charge on any atom is 0.336 e. The number of rotatable bonds is 4. The van der Waals surface area contributed by atoms with Crippen LogP contribution in [-0.4, -0.2) is 30.9 Å². The average Bonchev–Trinajstić information content (AvgIpc) is 3.16. The molecule has 7 heteroatoms. The summed E-state index contributed by atoms with van der Waals surface area (Å²) in [5, 5.41) is 10.9. The van der Waals surface area contributed by atoms with E-state index in [4.69, 9.17) is 4.74 Å². The van der Waals surface area contributed by atoms with Crippen molar-refractivity contribution in [1.82, 2.24) is 25.0 Å². The van der Waals surface area contributed by atoms with Crippen molar-refractivity contribution in [2.45, 2.75) is 13.8 Å². The summed E-state index contributed by atoms with van der Waals surface area (Å²) < 4.78 is 7.13. The predicted octanol–water partition coefficient (Wildman–Crippen LogP) is 2.44. The second kappa shape index (κ2) is 6.49. The molecule has 0 amide bonds. The summed E-state index contributed by atoms with van der Waals surface area (Å²) in [7, 11) is 1.87. The summed E-state index contributed by atoms with van der Waals surface area (Å²) in [5.74, 6) is 0.607. The molecular formula is C17H17N5O2. The van der Waals surface area contributed by atoms with Crippen molar-refractivity contribution in [1.29, 1.82) is 0 Å². The zero-order valence-electron chi connectivity index (χ0n) is 13.6. The van der Waals surface area contributed by atoms with E-state index in [1.165, 1.54) is 12.4 Å². The number of hydrogen-bond donors (Lipinski definition) is 1. The Balaban J connectivity index is 1.73. The Labute approximate surface area is 139 Å². The van der Waals surface area contributed by atoms with Crippen LogP contribution >= 0.6 is 0 Å². The zero-order chi connectivity index (χ0) is 17.1. The predicted molar refractivity (Wildman–Crippen MR) is 89.2 cm³/mol. The van der Waals surface area contributed by atoms with Crippen LogP contribution in [0.5, 0.6) is 5.75 Å². The second-order valence-electron chi connectivity index (χ2n) is 5.32. The maximum atomic E-state index is 12.0. The fourth-order valence-electron chi connectivity index (χ4n) is 2.38. The van der Waals surface area contributed by atoms with Gasteiger partial charge in [0.05, 0.1) is 5.69 Å². The number of aromatic amines is 1. The number of aromatic nitrogens is 5. The van der Waals surface area contributed by atoms with Gasteiger partial charge in [0.25, 0.3) is 0 Å². The molecule has 0 unspecified atom stereocenters. The quantitative estimate of drug-likeness (QED) is 0.453. The second-order valence-corrected chi connectivity index (χ2v) is 5.32. The minimum atomic E-state index is -0.452. The summed E-state index contributed by atoms with van der Waals surface area (Å²) in [6, 6.07) is 7.09. The van der Waals surface area contributed by atoms with Crippen molar-refractivity contribution in [2.24, 2.45) is 7.05 Å². The number of benzene rings is 1. The zero-order valence-corrected chi connectivity index (χ0v) is 13.6. The molecule has 0 saturated carbocycles. The number of aryl methyl sites for hydroxylation is 2. The largest absolute Gasteiger partial charge is 0.423 e. The molecule has 2 aromatic heterocycles. The molecule has 3 aromatic rings. The van der Waals surface area contributed by atoms with Gasteiger partial charge in [0.2, 0.25) is 0 Å². The first-order valence-corrected chi connectivity index (χ1v) is 7.40. The van der Waals surface area contributed by atoms with Crippen LogP contribution in [0.15, 0.2) is 36.7 Å².